The molecule has 0 spiro atoms. The molecule has 0 fully saturated rings. The third-order valence-corrected chi connectivity index (χ3v) is 2.02. The van der Waals surface area contributed by atoms with Crippen LogP contribution in [0.25, 0.3) is 0 Å². The van der Waals surface area contributed by atoms with Crippen LogP contribution in [0.4, 0.5) is 5.13 Å². The minimum Gasteiger partial charge on any atom is -0.391 e. The largest absolute Gasteiger partial charge is 0.391 e. The van der Waals surface area contributed by atoms with Crippen molar-refractivity contribution in [3.05, 3.63) is 5.51 Å². The Morgan fingerprint density at radius 3 is 2.86 bits per heavy atom. The summed E-state index contributed by atoms with van der Waals surface area (Å²) >= 11 is 1.19. The summed E-state index contributed by atoms with van der Waals surface area (Å²) in [5, 5.41) is 18.9. The molecule has 6 nitrogen and oxygen atoms in total. The van der Waals surface area contributed by atoms with E-state index in [9.17, 15) is 4.79 Å². The first kappa shape index (κ1) is 13.2. The first-order valence-corrected chi connectivity index (χ1v) is 4.50. The predicted molar refractivity (Wildman–Crippen MR) is 55.4 cm³/mol. The number of amides is 1. The lowest BCUT2D eigenvalue weighted by Gasteiger charge is -2.12. The molecule has 0 aromatic carbocycles. The Morgan fingerprint density at radius 1 is 1.79 bits per heavy atom. The zero-order valence-electron chi connectivity index (χ0n) is 7.38. The summed E-state index contributed by atoms with van der Waals surface area (Å²) in [6.07, 6.45) is -0.882. The molecule has 1 rings (SSSR count). The van der Waals surface area contributed by atoms with Gasteiger partial charge in [-0.05, 0) is 6.92 Å². The maximum atomic E-state index is 11.2. The molecule has 0 saturated heterocycles. The fraction of sp³-hybridized carbons (Fsp3) is 0.500. The van der Waals surface area contributed by atoms with Crippen molar-refractivity contribution in [3.63, 3.8) is 0 Å². The lowest BCUT2D eigenvalue weighted by Crippen LogP contribution is -2.43. The second-order valence-electron chi connectivity index (χ2n) is 2.50. The van der Waals surface area contributed by atoms with Gasteiger partial charge in [0.25, 0.3) is 0 Å². The van der Waals surface area contributed by atoms with Crippen molar-refractivity contribution in [2.45, 2.75) is 19.1 Å². The van der Waals surface area contributed by atoms with Crippen LogP contribution in [0.2, 0.25) is 0 Å². The van der Waals surface area contributed by atoms with E-state index in [4.69, 9.17) is 10.8 Å². The number of nitrogens with zero attached hydrogens (tertiary/aromatic N) is 2. The standard InChI is InChI=1S/C6H10N4O2S.ClH/c1-3(11)4(7)5(12)9-6-10-8-2-13-6;/h2-4,11H,7H2,1H3,(H,9,10,12);1H. The van der Waals surface area contributed by atoms with Crippen molar-refractivity contribution in [2.75, 3.05) is 5.32 Å². The molecule has 1 aromatic rings. The molecule has 0 bridgehead atoms. The van der Waals surface area contributed by atoms with Gasteiger partial charge >= 0.3 is 0 Å². The fourth-order valence-electron chi connectivity index (χ4n) is 0.635. The molecule has 0 aliphatic rings. The van der Waals surface area contributed by atoms with Crippen molar-refractivity contribution < 1.29 is 9.90 Å². The van der Waals surface area contributed by atoms with Crippen LogP contribution in [-0.2, 0) is 4.79 Å². The summed E-state index contributed by atoms with van der Waals surface area (Å²) in [4.78, 5) is 11.2. The second kappa shape index (κ2) is 5.86. The highest BCUT2D eigenvalue weighted by Crippen LogP contribution is 2.08. The number of halogens is 1. The molecule has 14 heavy (non-hydrogen) atoms. The van der Waals surface area contributed by atoms with Crippen LogP contribution in [0.5, 0.6) is 0 Å². The summed E-state index contributed by atoms with van der Waals surface area (Å²) in [5.41, 5.74) is 6.86. The van der Waals surface area contributed by atoms with Gasteiger partial charge in [-0.25, -0.2) is 0 Å². The van der Waals surface area contributed by atoms with Crippen LogP contribution in [0.3, 0.4) is 0 Å². The van der Waals surface area contributed by atoms with E-state index in [1.165, 1.54) is 23.8 Å². The zero-order chi connectivity index (χ0) is 9.84. The maximum Gasteiger partial charge on any atom is 0.245 e. The zero-order valence-corrected chi connectivity index (χ0v) is 9.01. The molecule has 1 aromatic heterocycles. The van der Waals surface area contributed by atoms with Crippen LogP contribution < -0.4 is 11.1 Å². The second-order valence-corrected chi connectivity index (χ2v) is 3.33. The highest BCUT2D eigenvalue weighted by atomic mass is 35.5. The molecule has 0 saturated carbocycles. The van der Waals surface area contributed by atoms with Crippen LogP contribution in [0.1, 0.15) is 6.92 Å². The van der Waals surface area contributed by atoms with Crippen LogP contribution >= 0.6 is 23.7 Å². The number of carbonyl (C=O) groups excluding carboxylic acids is 1. The normalized spacial score (nSPS) is 13.9. The minimum absolute atomic E-state index is 0. The van der Waals surface area contributed by atoms with Gasteiger partial charge in [-0.15, -0.1) is 22.6 Å². The topological polar surface area (TPSA) is 101 Å². The highest BCUT2D eigenvalue weighted by molar-refractivity contribution is 7.13. The molecule has 80 valence electrons. The lowest BCUT2D eigenvalue weighted by molar-refractivity contribution is -0.119. The number of anilines is 1. The van der Waals surface area contributed by atoms with E-state index in [-0.39, 0.29) is 12.4 Å². The molecule has 0 radical (unpaired) electrons. The van der Waals surface area contributed by atoms with E-state index in [1.54, 1.807) is 0 Å². The molecule has 4 N–H and O–H groups in total. The predicted octanol–water partition coefficient (Wildman–Crippen LogP) is -0.394. The average molecular weight is 239 g/mol. The molecule has 1 amide bonds. The lowest BCUT2D eigenvalue weighted by atomic mass is 10.2. The number of aliphatic hydroxyl groups excluding tert-OH is 1. The molecule has 0 aliphatic heterocycles. The van der Waals surface area contributed by atoms with Crippen molar-refractivity contribution in [3.8, 4) is 0 Å². The smallest absolute Gasteiger partial charge is 0.245 e. The van der Waals surface area contributed by atoms with E-state index in [2.05, 4.69) is 15.5 Å². The van der Waals surface area contributed by atoms with E-state index in [1.807, 2.05) is 0 Å². The third-order valence-electron chi connectivity index (χ3n) is 1.41. The van der Waals surface area contributed by atoms with Crippen molar-refractivity contribution in [1.29, 1.82) is 0 Å². The van der Waals surface area contributed by atoms with Gasteiger partial charge in [0.05, 0.1) is 6.10 Å². The number of nitrogens with one attached hydrogen (secondary N) is 1. The van der Waals surface area contributed by atoms with E-state index >= 15 is 0 Å². The summed E-state index contributed by atoms with van der Waals surface area (Å²) in [6.45, 7) is 1.45. The number of rotatable bonds is 3. The van der Waals surface area contributed by atoms with Crippen molar-refractivity contribution >= 4 is 34.8 Å². The molecule has 0 aliphatic carbocycles. The van der Waals surface area contributed by atoms with Gasteiger partial charge in [0, 0.05) is 0 Å². The number of aliphatic hydroxyl groups is 1. The third kappa shape index (κ3) is 3.54. The van der Waals surface area contributed by atoms with Gasteiger partial charge in [0.2, 0.25) is 11.0 Å². The monoisotopic (exact) mass is 238 g/mol. The average Bonchev–Trinajstić information content (AvgIpc) is 2.55. The number of hydrogen-bond donors (Lipinski definition) is 3. The van der Waals surface area contributed by atoms with Crippen LogP contribution in [0, 0.1) is 0 Å². The van der Waals surface area contributed by atoms with Gasteiger partial charge < -0.3 is 10.8 Å². The Balaban J connectivity index is 0.00000169. The molecular weight excluding hydrogens is 228 g/mol. The quantitative estimate of drug-likeness (QED) is 0.666. The molecule has 2 atom stereocenters. The molecule has 8 heteroatoms. The molecule has 1 heterocycles. The highest BCUT2D eigenvalue weighted by Gasteiger charge is 2.19. The summed E-state index contributed by atoms with van der Waals surface area (Å²) in [5.74, 6) is -0.466. The molecule has 2 unspecified atom stereocenters. The van der Waals surface area contributed by atoms with E-state index in [0.29, 0.717) is 5.13 Å². The molecular formula is C6H11ClN4O2S. The summed E-state index contributed by atoms with van der Waals surface area (Å²) < 4.78 is 0. The van der Waals surface area contributed by atoms with Gasteiger partial charge in [-0.2, -0.15) is 0 Å². The first-order chi connectivity index (χ1) is 6.11. The number of hydrogen-bond acceptors (Lipinski definition) is 6. The fourth-order valence-corrected chi connectivity index (χ4v) is 1.08. The Bertz CT molecular complexity index is 279. The van der Waals surface area contributed by atoms with Gasteiger partial charge in [-0.1, -0.05) is 11.3 Å². The van der Waals surface area contributed by atoms with Crippen LogP contribution in [0.15, 0.2) is 5.51 Å². The Hall–Kier alpha value is -0.760. The van der Waals surface area contributed by atoms with Gasteiger partial charge in [0.15, 0.2) is 0 Å². The van der Waals surface area contributed by atoms with Crippen molar-refractivity contribution in [1.82, 2.24) is 10.2 Å². The first-order valence-electron chi connectivity index (χ1n) is 3.62. The Morgan fingerprint density at radius 2 is 2.43 bits per heavy atom. The van der Waals surface area contributed by atoms with Gasteiger partial charge in [-0.3, -0.25) is 10.1 Å². The van der Waals surface area contributed by atoms with Crippen LogP contribution in [-0.4, -0.2) is 33.4 Å². The SMILES string of the molecule is CC(O)C(N)C(=O)Nc1nncs1.Cl. The van der Waals surface area contributed by atoms with Crippen molar-refractivity contribution in [2.24, 2.45) is 5.73 Å². The summed E-state index contributed by atoms with van der Waals surface area (Å²) in [6, 6.07) is -0.941. The Kier molecular flexibility index (Phi) is 5.55. The van der Waals surface area contributed by atoms with E-state index < -0.39 is 18.1 Å². The number of aromatic nitrogens is 2. The maximum absolute atomic E-state index is 11.2. The number of nitrogens with two attached hydrogens (primary N) is 1. The van der Waals surface area contributed by atoms with E-state index in [0.717, 1.165) is 0 Å². The number of carbonyl (C=O) groups is 1. The summed E-state index contributed by atoms with van der Waals surface area (Å²) in [7, 11) is 0. The van der Waals surface area contributed by atoms with Gasteiger partial charge in [0.1, 0.15) is 11.6 Å². The minimum atomic E-state index is -0.941. The Labute approximate surface area is 90.9 Å².